The van der Waals surface area contributed by atoms with E-state index < -0.39 is 0 Å². The number of aromatic nitrogens is 6. The molecule has 0 saturated heterocycles. The van der Waals surface area contributed by atoms with Crippen molar-refractivity contribution in [2.24, 2.45) is 0 Å². The molecule has 90 heavy (non-hydrogen) atoms. The molecule has 0 N–H and O–H groups in total. The molecule has 0 atom stereocenters. The third-order valence-corrected chi connectivity index (χ3v) is 19.4. The molecule has 20 rings (SSSR count). The van der Waals surface area contributed by atoms with Crippen molar-refractivity contribution in [1.82, 2.24) is 27.4 Å². The molecule has 0 fully saturated rings. The molecule has 0 aliphatic heterocycles. The Morgan fingerprint density at radius 3 is 0.656 bits per heavy atom. The minimum absolute atomic E-state index is 1.09. The van der Waals surface area contributed by atoms with Crippen LogP contribution in [0, 0.1) is 0 Å². The zero-order chi connectivity index (χ0) is 58.7. The van der Waals surface area contributed by atoms with Crippen LogP contribution in [0.5, 0.6) is 0 Å². The van der Waals surface area contributed by atoms with Gasteiger partial charge in [-0.15, -0.1) is 0 Å². The average molecular weight is 1150 g/mol. The Morgan fingerprint density at radius 2 is 0.356 bits per heavy atom. The van der Waals surface area contributed by atoms with Gasteiger partial charge in [0.2, 0.25) is 0 Å². The van der Waals surface area contributed by atoms with E-state index in [9.17, 15) is 0 Å². The van der Waals surface area contributed by atoms with Crippen LogP contribution in [0.25, 0.3) is 176 Å². The van der Waals surface area contributed by atoms with E-state index in [4.69, 9.17) is 0 Å². The van der Waals surface area contributed by atoms with Gasteiger partial charge in [0.05, 0.1) is 77.6 Å². The van der Waals surface area contributed by atoms with Crippen molar-refractivity contribution in [2.75, 3.05) is 0 Å². The maximum Gasteiger partial charge on any atom is 0.0562 e. The summed E-state index contributed by atoms with van der Waals surface area (Å²) in [6, 6.07) is 117. The summed E-state index contributed by atoms with van der Waals surface area (Å²) in [5.41, 5.74) is 22.8. The quantitative estimate of drug-likeness (QED) is 0.152. The number of rotatable bonds is 7. The molecule has 6 heterocycles. The Hall–Kier alpha value is -12.1. The van der Waals surface area contributed by atoms with E-state index in [0.717, 1.165) is 89.4 Å². The lowest BCUT2D eigenvalue weighted by Crippen LogP contribution is -2.03. The van der Waals surface area contributed by atoms with Crippen LogP contribution in [-0.4, -0.2) is 27.4 Å². The minimum atomic E-state index is 1.09. The van der Waals surface area contributed by atoms with Crippen LogP contribution in [0.15, 0.2) is 315 Å². The van der Waals surface area contributed by atoms with Gasteiger partial charge in [0.15, 0.2) is 0 Å². The molecule has 418 valence electrons. The Labute approximate surface area is 516 Å². The van der Waals surface area contributed by atoms with Gasteiger partial charge in [-0.2, -0.15) is 0 Å². The van der Waals surface area contributed by atoms with Crippen molar-refractivity contribution in [1.29, 1.82) is 0 Å². The monoisotopic (exact) mass is 1140 g/mol. The fourth-order valence-electron chi connectivity index (χ4n) is 15.6. The molecule has 0 saturated carbocycles. The molecule has 0 unspecified atom stereocenters. The fraction of sp³-hybridized carbons (Fsp3) is 0. The van der Waals surface area contributed by atoms with Crippen molar-refractivity contribution in [3.63, 3.8) is 0 Å². The van der Waals surface area contributed by atoms with E-state index in [1.54, 1.807) is 0 Å². The second kappa shape index (κ2) is 18.7. The summed E-state index contributed by atoms with van der Waals surface area (Å²) in [4.78, 5) is 0. The van der Waals surface area contributed by atoms with Crippen molar-refractivity contribution in [2.45, 2.75) is 0 Å². The summed E-state index contributed by atoms with van der Waals surface area (Å²) in [5, 5.41) is 14.4. The highest BCUT2D eigenvalue weighted by atomic mass is 15.0. The molecular weight excluding hydrogens is 1090 g/mol. The molecule has 6 heteroatoms. The molecular formula is C84H52N6. The molecule has 20 aromatic rings. The number of hydrogen-bond donors (Lipinski definition) is 0. The van der Waals surface area contributed by atoms with Crippen molar-refractivity contribution < 1.29 is 0 Å². The number of nitrogens with zero attached hydrogens (tertiary/aromatic N) is 6. The van der Waals surface area contributed by atoms with Crippen LogP contribution >= 0.6 is 0 Å². The highest BCUT2D eigenvalue weighted by molar-refractivity contribution is 6.19. The van der Waals surface area contributed by atoms with E-state index in [1.807, 2.05) is 0 Å². The van der Waals surface area contributed by atoms with Gasteiger partial charge in [0.25, 0.3) is 0 Å². The van der Waals surface area contributed by atoms with Gasteiger partial charge < -0.3 is 27.4 Å². The van der Waals surface area contributed by atoms with Gasteiger partial charge in [0.1, 0.15) is 0 Å². The number of para-hydroxylation sites is 10. The normalized spacial score (nSPS) is 12.2. The molecule has 6 nitrogen and oxygen atoms in total. The third-order valence-electron chi connectivity index (χ3n) is 19.4. The fourth-order valence-corrected chi connectivity index (χ4v) is 15.6. The minimum Gasteiger partial charge on any atom is -0.309 e. The Balaban J connectivity index is 0.924. The second-order valence-corrected chi connectivity index (χ2v) is 24.0. The molecule has 6 aromatic heterocycles. The number of fused-ring (bicyclic) bond motifs is 18. The summed E-state index contributed by atoms with van der Waals surface area (Å²) >= 11 is 0. The molecule has 0 radical (unpaired) electrons. The first-order valence-corrected chi connectivity index (χ1v) is 31.0. The van der Waals surface area contributed by atoms with Gasteiger partial charge in [-0.25, -0.2) is 0 Å². The standard InChI is InChI=1S/C84H52N6/c1-3-23-53(24-4-1)85-71-35-15-11-31-61(71)65-47-55(43-45-79(65)85)87-73-37-17-13-33-63(73)67-49-69(83(51-81(67)87)89-75-39-19-7-27-57(75)58-28-8-20-40-76(58)89)70-50-68-64-34-14-18-38-74(64)88(82(68)52-84(70)90-77-41-21-9-29-59(77)60-30-10-22-42-78(60)90)56-44-46-80-66(48-56)62-32-12-16-36-72(62)86(80)54-25-5-2-6-26-54/h1-52H. The van der Waals surface area contributed by atoms with Crippen molar-refractivity contribution in [3.05, 3.63) is 315 Å². The first-order valence-electron chi connectivity index (χ1n) is 31.0. The summed E-state index contributed by atoms with van der Waals surface area (Å²) in [7, 11) is 0. The van der Waals surface area contributed by atoms with Crippen LogP contribution in [0.3, 0.4) is 0 Å². The Bertz CT molecular complexity index is 5900. The summed E-state index contributed by atoms with van der Waals surface area (Å²) < 4.78 is 14.9. The Morgan fingerprint density at radius 1 is 0.133 bits per heavy atom. The lowest BCUT2D eigenvalue weighted by atomic mass is 9.96. The van der Waals surface area contributed by atoms with Crippen molar-refractivity contribution in [3.8, 4) is 45.3 Å². The molecule has 14 aromatic carbocycles. The highest BCUT2D eigenvalue weighted by Crippen LogP contribution is 2.48. The SMILES string of the molecule is c1ccc(-n2c3ccccc3c3cc(-n4c5ccccc5c5cc(-c6cc7c8ccccc8n(-c8ccc9c(c8)c8ccccc8n9-c8ccccc8)c7cc6-n6c7ccccc7c7ccccc76)c(-n6c7ccccc7c7ccccc76)cc54)ccc32)cc1. The molecule has 0 spiro atoms. The van der Waals surface area contributed by atoms with Crippen molar-refractivity contribution >= 4 is 131 Å². The predicted octanol–water partition coefficient (Wildman–Crippen LogP) is 21.9. The number of hydrogen-bond acceptors (Lipinski definition) is 0. The van der Waals surface area contributed by atoms with Crippen LogP contribution in [0.4, 0.5) is 0 Å². The third kappa shape index (κ3) is 6.81. The second-order valence-electron chi connectivity index (χ2n) is 24.0. The van der Waals surface area contributed by atoms with Gasteiger partial charge in [-0.3, -0.25) is 0 Å². The topological polar surface area (TPSA) is 29.6 Å². The lowest BCUT2D eigenvalue weighted by Gasteiger charge is -2.20. The molecule has 0 amide bonds. The lowest BCUT2D eigenvalue weighted by molar-refractivity contribution is 1.14. The maximum absolute atomic E-state index is 2.54. The maximum atomic E-state index is 2.54. The van der Waals surface area contributed by atoms with E-state index in [0.29, 0.717) is 0 Å². The highest BCUT2D eigenvalue weighted by Gasteiger charge is 2.27. The predicted molar refractivity (Wildman–Crippen MR) is 378 cm³/mol. The number of benzene rings is 14. The van der Waals surface area contributed by atoms with E-state index in [1.165, 1.54) is 86.7 Å². The van der Waals surface area contributed by atoms with E-state index in [-0.39, 0.29) is 0 Å². The molecule has 0 aliphatic rings. The Kier molecular flexibility index (Phi) is 10.2. The molecule has 0 aliphatic carbocycles. The van der Waals surface area contributed by atoms with Gasteiger partial charge in [-0.05, 0) is 133 Å². The van der Waals surface area contributed by atoms with Crippen LogP contribution in [0.2, 0.25) is 0 Å². The average Bonchev–Trinajstić information content (AvgIpc) is 1.54. The van der Waals surface area contributed by atoms with Gasteiger partial charge >= 0.3 is 0 Å². The summed E-state index contributed by atoms with van der Waals surface area (Å²) in [5.74, 6) is 0. The summed E-state index contributed by atoms with van der Waals surface area (Å²) in [6.07, 6.45) is 0. The zero-order valence-corrected chi connectivity index (χ0v) is 48.7. The van der Waals surface area contributed by atoms with Crippen LogP contribution in [0.1, 0.15) is 0 Å². The van der Waals surface area contributed by atoms with E-state index in [2.05, 4.69) is 343 Å². The van der Waals surface area contributed by atoms with Crippen LogP contribution in [-0.2, 0) is 0 Å². The largest absolute Gasteiger partial charge is 0.309 e. The smallest absolute Gasteiger partial charge is 0.0562 e. The summed E-state index contributed by atoms with van der Waals surface area (Å²) in [6.45, 7) is 0. The van der Waals surface area contributed by atoms with Gasteiger partial charge in [0, 0.05) is 98.5 Å². The molecule has 0 bridgehead atoms. The van der Waals surface area contributed by atoms with Crippen LogP contribution < -0.4 is 0 Å². The van der Waals surface area contributed by atoms with Gasteiger partial charge in [-0.1, -0.05) is 182 Å². The first-order chi connectivity index (χ1) is 44.7. The zero-order valence-electron chi connectivity index (χ0n) is 48.7. The van der Waals surface area contributed by atoms with E-state index >= 15 is 0 Å². The first kappa shape index (κ1) is 49.0.